The van der Waals surface area contributed by atoms with Crippen molar-refractivity contribution < 1.29 is 14.4 Å². The maximum Gasteiger partial charge on any atom is 0.244 e. The number of hydrogen-bond donors (Lipinski definition) is 3. The van der Waals surface area contributed by atoms with Gasteiger partial charge in [-0.15, -0.1) is 0 Å². The van der Waals surface area contributed by atoms with Gasteiger partial charge in [-0.3, -0.25) is 14.4 Å². The molecule has 4 aromatic rings. The van der Waals surface area contributed by atoms with E-state index in [2.05, 4.69) is 27.0 Å². The van der Waals surface area contributed by atoms with Gasteiger partial charge < -0.3 is 20.5 Å². The predicted molar refractivity (Wildman–Crippen MR) is 152 cm³/mol. The first-order valence-electron chi connectivity index (χ1n) is 13.1. The van der Waals surface area contributed by atoms with Crippen LogP contribution in [-0.4, -0.2) is 39.9 Å². The minimum atomic E-state index is -0.958. The summed E-state index contributed by atoms with van der Waals surface area (Å²) in [5, 5.41) is 19.6. The van der Waals surface area contributed by atoms with Gasteiger partial charge in [0.2, 0.25) is 17.7 Å². The average molecular weight is 537 g/mol. The standard InChI is InChI=1S/C31H32N6O3/c1-21(2)30(39)35-18-28(31(40)34-16-25-8-5-7-24-6-3-4-9-27(24)25)36-29(38)14-26-17-33-20-37(26)19-23-12-10-22(15-32)11-13-23/h3-13,17,20-21,28H,14,16,18-19H2,1-2H3,(H,34,40)(H,35,39)(H,36,38)/t28-/m0/s1. The molecule has 1 atom stereocenters. The molecule has 0 aliphatic heterocycles. The van der Waals surface area contributed by atoms with Crippen LogP contribution in [0.3, 0.4) is 0 Å². The molecule has 0 spiro atoms. The number of nitrogens with one attached hydrogen (secondary N) is 3. The predicted octanol–water partition coefficient (Wildman–Crippen LogP) is 3.07. The zero-order valence-corrected chi connectivity index (χ0v) is 22.6. The molecule has 0 aliphatic carbocycles. The van der Waals surface area contributed by atoms with E-state index in [9.17, 15) is 14.4 Å². The Morgan fingerprint density at radius 3 is 2.45 bits per heavy atom. The largest absolute Gasteiger partial charge is 0.353 e. The first-order valence-corrected chi connectivity index (χ1v) is 13.1. The summed E-state index contributed by atoms with van der Waals surface area (Å²) < 4.78 is 1.84. The van der Waals surface area contributed by atoms with Gasteiger partial charge in [0.25, 0.3) is 0 Å². The van der Waals surface area contributed by atoms with E-state index in [0.29, 0.717) is 17.8 Å². The molecule has 9 heteroatoms. The van der Waals surface area contributed by atoms with Crippen molar-refractivity contribution in [3.8, 4) is 6.07 Å². The Kier molecular flexibility index (Phi) is 9.26. The Morgan fingerprint density at radius 2 is 1.70 bits per heavy atom. The number of nitriles is 1. The van der Waals surface area contributed by atoms with Gasteiger partial charge in [-0.05, 0) is 34.0 Å². The van der Waals surface area contributed by atoms with Crippen LogP contribution in [0.4, 0.5) is 0 Å². The Morgan fingerprint density at radius 1 is 0.950 bits per heavy atom. The van der Waals surface area contributed by atoms with E-state index in [0.717, 1.165) is 21.9 Å². The highest BCUT2D eigenvalue weighted by Gasteiger charge is 2.23. The van der Waals surface area contributed by atoms with Gasteiger partial charge in [-0.1, -0.05) is 68.4 Å². The normalized spacial score (nSPS) is 11.6. The molecule has 4 rings (SSSR count). The van der Waals surface area contributed by atoms with Crippen LogP contribution in [0.5, 0.6) is 0 Å². The number of benzene rings is 3. The van der Waals surface area contributed by atoms with Crippen LogP contribution in [0, 0.1) is 17.2 Å². The molecule has 0 aliphatic rings. The lowest BCUT2D eigenvalue weighted by Gasteiger charge is -2.20. The summed E-state index contributed by atoms with van der Waals surface area (Å²) in [5.74, 6) is -1.23. The number of carbonyl (C=O) groups is 3. The van der Waals surface area contributed by atoms with Crippen LogP contribution in [0.1, 0.15) is 36.2 Å². The van der Waals surface area contributed by atoms with Crippen molar-refractivity contribution in [1.82, 2.24) is 25.5 Å². The molecule has 1 aromatic heterocycles. The molecule has 1 heterocycles. The Balaban J connectivity index is 1.42. The fourth-order valence-corrected chi connectivity index (χ4v) is 4.30. The minimum absolute atomic E-state index is 0.00150. The van der Waals surface area contributed by atoms with Crippen molar-refractivity contribution >= 4 is 28.5 Å². The van der Waals surface area contributed by atoms with E-state index in [1.807, 2.05) is 59.2 Å². The Bertz CT molecular complexity index is 1530. The first-order chi connectivity index (χ1) is 19.3. The van der Waals surface area contributed by atoms with E-state index in [4.69, 9.17) is 5.26 Å². The van der Waals surface area contributed by atoms with Gasteiger partial charge in [0.15, 0.2) is 0 Å². The Labute approximate surface area is 233 Å². The fourth-order valence-electron chi connectivity index (χ4n) is 4.30. The number of hydrogen-bond acceptors (Lipinski definition) is 5. The molecule has 3 N–H and O–H groups in total. The molecule has 0 saturated carbocycles. The second-order valence-corrected chi connectivity index (χ2v) is 9.87. The molecule has 9 nitrogen and oxygen atoms in total. The molecule has 0 radical (unpaired) electrons. The smallest absolute Gasteiger partial charge is 0.244 e. The third kappa shape index (κ3) is 7.32. The van der Waals surface area contributed by atoms with E-state index < -0.39 is 11.9 Å². The van der Waals surface area contributed by atoms with Crippen molar-refractivity contribution in [2.45, 2.75) is 39.4 Å². The summed E-state index contributed by atoms with van der Waals surface area (Å²) in [5.41, 5.74) is 3.15. The third-order valence-corrected chi connectivity index (χ3v) is 6.57. The second kappa shape index (κ2) is 13.2. The van der Waals surface area contributed by atoms with E-state index >= 15 is 0 Å². The van der Waals surface area contributed by atoms with Gasteiger partial charge >= 0.3 is 0 Å². The van der Waals surface area contributed by atoms with Crippen molar-refractivity contribution in [3.63, 3.8) is 0 Å². The molecule has 0 saturated heterocycles. The summed E-state index contributed by atoms with van der Waals surface area (Å²) in [6.45, 7) is 4.25. The fraction of sp³-hybridized carbons (Fsp3) is 0.258. The van der Waals surface area contributed by atoms with E-state index in [-0.39, 0.29) is 37.2 Å². The van der Waals surface area contributed by atoms with Crippen molar-refractivity contribution in [1.29, 1.82) is 5.26 Å². The molecule has 0 bridgehead atoms. The maximum absolute atomic E-state index is 13.2. The average Bonchev–Trinajstić information content (AvgIpc) is 3.39. The molecular weight excluding hydrogens is 504 g/mol. The van der Waals surface area contributed by atoms with Gasteiger partial charge in [-0.2, -0.15) is 5.26 Å². The van der Waals surface area contributed by atoms with Gasteiger partial charge in [0, 0.05) is 37.4 Å². The maximum atomic E-state index is 13.2. The highest BCUT2D eigenvalue weighted by molar-refractivity contribution is 5.90. The summed E-state index contributed by atoms with van der Waals surface area (Å²) in [7, 11) is 0. The second-order valence-electron chi connectivity index (χ2n) is 9.87. The Hall–Kier alpha value is -4.97. The zero-order chi connectivity index (χ0) is 28.5. The molecule has 40 heavy (non-hydrogen) atoms. The van der Waals surface area contributed by atoms with Crippen LogP contribution < -0.4 is 16.0 Å². The quantitative estimate of drug-likeness (QED) is 0.271. The first kappa shape index (κ1) is 28.0. The number of aromatic nitrogens is 2. The zero-order valence-electron chi connectivity index (χ0n) is 22.6. The number of carbonyl (C=O) groups excluding carboxylic acids is 3. The van der Waals surface area contributed by atoms with Crippen LogP contribution >= 0.6 is 0 Å². The van der Waals surface area contributed by atoms with Crippen LogP contribution in [0.15, 0.2) is 79.3 Å². The summed E-state index contributed by atoms with van der Waals surface area (Å²) >= 11 is 0. The van der Waals surface area contributed by atoms with Gasteiger partial charge in [-0.25, -0.2) is 4.98 Å². The lowest BCUT2D eigenvalue weighted by Crippen LogP contribution is -2.53. The van der Waals surface area contributed by atoms with E-state index in [1.165, 1.54) is 0 Å². The number of amides is 3. The lowest BCUT2D eigenvalue weighted by atomic mass is 10.0. The van der Waals surface area contributed by atoms with Crippen LogP contribution in [-0.2, 0) is 33.9 Å². The summed E-state index contributed by atoms with van der Waals surface area (Å²) in [6, 6.07) is 22.2. The van der Waals surface area contributed by atoms with Crippen molar-refractivity contribution in [3.05, 3.63) is 102 Å². The lowest BCUT2D eigenvalue weighted by molar-refractivity contribution is -0.129. The molecule has 3 aromatic carbocycles. The van der Waals surface area contributed by atoms with Crippen LogP contribution in [0.25, 0.3) is 10.8 Å². The minimum Gasteiger partial charge on any atom is -0.353 e. The molecular formula is C31H32N6O3. The van der Waals surface area contributed by atoms with E-state index in [1.54, 1.807) is 38.5 Å². The summed E-state index contributed by atoms with van der Waals surface area (Å²) in [6.07, 6.45) is 3.25. The third-order valence-electron chi connectivity index (χ3n) is 6.57. The molecule has 204 valence electrons. The molecule has 3 amide bonds. The van der Waals surface area contributed by atoms with Gasteiger partial charge in [0.1, 0.15) is 6.04 Å². The molecule has 0 fully saturated rings. The van der Waals surface area contributed by atoms with Crippen molar-refractivity contribution in [2.24, 2.45) is 5.92 Å². The SMILES string of the molecule is CC(C)C(=O)NC[C@H](NC(=O)Cc1cncn1Cc1ccc(C#N)cc1)C(=O)NCc1cccc2ccccc12. The van der Waals surface area contributed by atoms with Crippen LogP contribution in [0.2, 0.25) is 0 Å². The van der Waals surface area contributed by atoms with Crippen molar-refractivity contribution in [2.75, 3.05) is 6.54 Å². The molecule has 0 unspecified atom stereocenters. The number of rotatable bonds is 11. The topological polar surface area (TPSA) is 129 Å². The monoisotopic (exact) mass is 536 g/mol. The number of imidazole rings is 1. The number of fused-ring (bicyclic) bond motifs is 1. The van der Waals surface area contributed by atoms with Gasteiger partial charge in [0.05, 0.1) is 24.4 Å². The summed E-state index contributed by atoms with van der Waals surface area (Å²) in [4.78, 5) is 42.7. The number of nitrogens with zero attached hydrogens (tertiary/aromatic N) is 3. The highest BCUT2D eigenvalue weighted by Crippen LogP contribution is 2.18. The highest BCUT2D eigenvalue weighted by atomic mass is 16.2.